The number of ether oxygens (including phenoxy) is 1. The summed E-state index contributed by atoms with van der Waals surface area (Å²) in [6, 6.07) is 2.49. The molecule has 4 heteroatoms. The lowest BCUT2D eigenvalue weighted by molar-refractivity contribution is 0.0619. The SMILES string of the molecule is CC1(C)CC(=O)c2cc(F)c(Cl)cc2O1. The summed E-state index contributed by atoms with van der Waals surface area (Å²) in [7, 11) is 0. The van der Waals surface area contributed by atoms with E-state index >= 15 is 0 Å². The average Bonchev–Trinajstić information content (AvgIpc) is 2.07. The molecule has 0 spiro atoms. The van der Waals surface area contributed by atoms with Crippen LogP contribution in [0.15, 0.2) is 12.1 Å². The van der Waals surface area contributed by atoms with Gasteiger partial charge in [-0.15, -0.1) is 0 Å². The molecule has 80 valence electrons. The van der Waals surface area contributed by atoms with E-state index in [1.165, 1.54) is 6.07 Å². The van der Waals surface area contributed by atoms with E-state index in [1.54, 1.807) is 0 Å². The van der Waals surface area contributed by atoms with E-state index in [0.29, 0.717) is 5.75 Å². The molecular formula is C11H10ClFO2. The molecule has 1 aliphatic heterocycles. The summed E-state index contributed by atoms with van der Waals surface area (Å²) in [5.41, 5.74) is -0.276. The van der Waals surface area contributed by atoms with Gasteiger partial charge in [0.15, 0.2) is 5.78 Å². The second-order valence-corrected chi connectivity index (χ2v) is 4.63. The molecular weight excluding hydrogens is 219 g/mol. The fourth-order valence-corrected chi connectivity index (χ4v) is 1.80. The van der Waals surface area contributed by atoms with Crippen LogP contribution < -0.4 is 4.74 Å². The summed E-state index contributed by atoms with van der Waals surface area (Å²) in [6.45, 7) is 3.62. The summed E-state index contributed by atoms with van der Waals surface area (Å²) in [5.74, 6) is -0.341. The summed E-state index contributed by atoms with van der Waals surface area (Å²) < 4.78 is 18.7. The van der Waals surface area contributed by atoms with Crippen LogP contribution in [0.5, 0.6) is 5.75 Å². The van der Waals surface area contributed by atoms with Crippen LogP contribution in [0, 0.1) is 5.82 Å². The molecule has 15 heavy (non-hydrogen) atoms. The van der Waals surface area contributed by atoms with Gasteiger partial charge in [-0.05, 0) is 19.9 Å². The highest BCUT2D eigenvalue weighted by molar-refractivity contribution is 6.31. The van der Waals surface area contributed by atoms with E-state index in [9.17, 15) is 9.18 Å². The van der Waals surface area contributed by atoms with Crippen molar-refractivity contribution in [3.63, 3.8) is 0 Å². The molecule has 2 rings (SSSR count). The molecule has 1 heterocycles. The van der Waals surface area contributed by atoms with Crippen molar-refractivity contribution in [1.82, 2.24) is 0 Å². The first kappa shape index (κ1) is 10.4. The van der Waals surface area contributed by atoms with Crippen molar-refractivity contribution >= 4 is 17.4 Å². The second-order valence-electron chi connectivity index (χ2n) is 4.22. The Morgan fingerprint density at radius 1 is 1.47 bits per heavy atom. The number of carbonyl (C=O) groups is 1. The van der Waals surface area contributed by atoms with Gasteiger partial charge in [0, 0.05) is 6.07 Å². The van der Waals surface area contributed by atoms with E-state index in [1.807, 2.05) is 13.8 Å². The van der Waals surface area contributed by atoms with Gasteiger partial charge in [-0.25, -0.2) is 4.39 Å². The number of fused-ring (bicyclic) bond motifs is 1. The molecule has 1 aliphatic rings. The fourth-order valence-electron chi connectivity index (χ4n) is 1.65. The van der Waals surface area contributed by atoms with E-state index in [2.05, 4.69) is 0 Å². The van der Waals surface area contributed by atoms with Gasteiger partial charge in [0.05, 0.1) is 17.0 Å². The highest BCUT2D eigenvalue weighted by Crippen LogP contribution is 2.35. The van der Waals surface area contributed by atoms with Crippen molar-refractivity contribution in [3.05, 3.63) is 28.5 Å². The Bertz CT molecular complexity index is 440. The molecule has 0 fully saturated rings. The predicted octanol–water partition coefficient (Wildman–Crippen LogP) is 3.22. The summed E-state index contributed by atoms with van der Waals surface area (Å²) in [5, 5.41) is -0.0285. The minimum absolute atomic E-state index is 0.0285. The number of ketones is 1. The van der Waals surface area contributed by atoms with Crippen molar-refractivity contribution in [3.8, 4) is 5.75 Å². The van der Waals surface area contributed by atoms with Gasteiger partial charge in [0.2, 0.25) is 0 Å². The Kier molecular flexibility index (Phi) is 2.23. The normalized spacial score (nSPS) is 18.3. The Morgan fingerprint density at radius 3 is 2.80 bits per heavy atom. The standard InChI is InChI=1S/C11H10ClFO2/c1-11(2)5-9(14)6-3-8(13)7(12)4-10(6)15-11/h3-4H,5H2,1-2H3. The zero-order valence-electron chi connectivity index (χ0n) is 8.43. The van der Waals surface area contributed by atoms with Gasteiger partial charge in [0.1, 0.15) is 17.2 Å². The molecule has 0 aromatic heterocycles. The van der Waals surface area contributed by atoms with Crippen molar-refractivity contribution in [2.75, 3.05) is 0 Å². The monoisotopic (exact) mass is 228 g/mol. The van der Waals surface area contributed by atoms with Gasteiger partial charge >= 0.3 is 0 Å². The largest absolute Gasteiger partial charge is 0.487 e. The summed E-state index contributed by atoms with van der Waals surface area (Å²) >= 11 is 5.62. The number of carbonyl (C=O) groups excluding carboxylic acids is 1. The van der Waals surface area contributed by atoms with Crippen LogP contribution in [0.25, 0.3) is 0 Å². The maximum atomic E-state index is 13.1. The van der Waals surface area contributed by atoms with E-state index in [0.717, 1.165) is 6.07 Å². The molecule has 0 bridgehead atoms. The third-order valence-corrected chi connectivity index (χ3v) is 2.59. The molecule has 0 aliphatic carbocycles. The summed E-state index contributed by atoms with van der Waals surface area (Å²) in [4.78, 5) is 11.7. The van der Waals surface area contributed by atoms with Crippen molar-refractivity contribution < 1.29 is 13.9 Å². The molecule has 0 atom stereocenters. The lowest BCUT2D eigenvalue weighted by Crippen LogP contribution is -2.35. The maximum Gasteiger partial charge on any atom is 0.170 e. The van der Waals surface area contributed by atoms with Crippen molar-refractivity contribution in [1.29, 1.82) is 0 Å². The fraction of sp³-hybridized carbons (Fsp3) is 0.364. The van der Waals surface area contributed by atoms with Gasteiger partial charge in [-0.2, -0.15) is 0 Å². The molecule has 1 aromatic rings. The Balaban J connectivity index is 2.56. The number of benzene rings is 1. The quantitative estimate of drug-likeness (QED) is 0.682. The van der Waals surface area contributed by atoms with Crippen LogP contribution in [0.4, 0.5) is 4.39 Å². The molecule has 0 saturated heterocycles. The topological polar surface area (TPSA) is 26.3 Å². The van der Waals surface area contributed by atoms with Crippen LogP contribution >= 0.6 is 11.6 Å². The highest BCUT2D eigenvalue weighted by atomic mass is 35.5. The molecule has 1 aromatic carbocycles. The second kappa shape index (κ2) is 3.20. The molecule has 2 nitrogen and oxygen atoms in total. The summed E-state index contributed by atoms with van der Waals surface area (Å²) in [6.07, 6.45) is 0.251. The highest BCUT2D eigenvalue weighted by Gasteiger charge is 2.33. The molecule has 0 N–H and O–H groups in total. The van der Waals surface area contributed by atoms with Crippen LogP contribution in [-0.4, -0.2) is 11.4 Å². The van der Waals surface area contributed by atoms with E-state index in [-0.39, 0.29) is 22.8 Å². The minimum atomic E-state index is -0.591. The molecule has 0 radical (unpaired) electrons. The molecule has 0 unspecified atom stereocenters. The van der Waals surface area contributed by atoms with Crippen LogP contribution in [0.3, 0.4) is 0 Å². The zero-order valence-corrected chi connectivity index (χ0v) is 9.19. The lowest BCUT2D eigenvalue weighted by Gasteiger charge is -2.31. The third-order valence-electron chi connectivity index (χ3n) is 2.30. The number of hydrogen-bond donors (Lipinski definition) is 0. The third kappa shape index (κ3) is 1.84. The van der Waals surface area contributed by atoms with Crippen molar-refractivity contribution in [2.24, 2.45) is 0 Å². The number of rotatable bonds is 0. The maximum absolute atomic E-state index is 13.1. The number of halogens is 2. The Morgan fingerprint density at radius 2 is 2.13 bits per heavy atom. The first-order chi connectivity index (χ1) is 6.89. The Hall–Kier alpha value is -1.09. The predicted molar refractivity (Wildman–Crippen MR) is 55.1 cm³/mol. The van der Waals surface area contributed by atoms with Gasteiger partial charge < -0.3 is 4.74 Å². The van der Waals surface area contributed by atoms with Gasteiger partial charge in [-0.3, -0.25) is 4.79 Å². The Labute approximate surface area is 92.0 Å². The van der Waals surface area contributed by atoms with Gasteiger partial charge in [-0.1, -0.05) is 11.6 Å². The van der Waals surface area contributed by atoms with E-state index in [4.69, 9.17) is 16.3 Å². The lowest BCUT2D eigenvalue weighted by atomic mass is 9.93. The van der Waals surface area contributed by atoms with E-state index < -0.39 is 11.4 Å². The van der Waals surface area contributed by atoms with Crippen LogP contribution in [0.2, 0.25) is 5.02 Å². The first-order valence-corrected chi connectivity index (χ1v) is 4.98. The molecule has 0 amide bonds. The van der Waals surface area contributed by atoms with Crippen molar-refractivity contribution in [2.45, 2.75) is 25.9 Å². The van der Waals surface area contributed by atoms with Gasteiger partial charge in [0.25, 0.3) is 0 Å². The minimum Gasteiger partial charge on any atom is -0.487 e. The number of hydrogen-bond acceptors (Lipinski definition) is 2. The smallest absolute Gasteiger partial charge is 0.170 e. The van der Waals surface area contributed by atoms with Crippen LogP contribution in [-0.2, 0) is 0 Å². The number of Topliss-reactive ketones (excluding diaryl/α,β-unsaturated/α-hetero) is 1. The molecule has 0 saturated carbocycles. The zero-order chi connectivity index (χ0) is 11.2. The van der Waals surface area contributed by atoms with Crippen LogP contribution in [0.1, 0.15) is 30.6 Å². The first-order valence-electron chi connectivity index (χ1n) is 4.60. The average molecular weight is 229 g/mol.